The van der Waals surface area contributed by atoms with Crippen LogP contribution < -0.4 is 10.1 Å². The zero-order valence-electron chi connectivity index (χ0n) is 9.99. The van der Waals surface area contributed by atoms with E-state index < -0.39 is 0 Å². The lowest BCUT2D eigenvalue weighted by Gasteiger charge is -2.06. The molecule has 0 spiro atoms. The van der Waals surface area contributed by atoms with Gasteiger partial charge in [-0.1, -0.05) is 13.8 Å². The molecule has 0 saturated carbocycles. The molecule has 1 heterocycles. The first-order valence-corrected chi connectivity index (χ1v) is 5.41. The van der Waals surface area contributed by atoms with Crippen molar-refractivity contribution < 1.29 is 9.53 Å². The van der Waals surface area contributed by atoms with Gasteiger partial charge >= 0.3 is 0 Å². The van der Waals surface area contributed by atoms with Crippen molar-refractivity contribution in [2.45, 2.75) is 26.7 Å². The molecule has 0 aliphatic carbocycles. The highest BCUT2D eigenvalue weighted by atomic mass is 16.5. The molecule has 1 aromatic heterocycles. The highest BCUT2D eigenvalue weighted by Gasteiger charge is 2.04. The Labute approximate surface area is 96.0 Å². The number of nitrogens with zero attached hydrogens (tertiary/aromatic N) is 1. The summed E-state index contributed by atoms with van der Waals surface area (Å²) in [7, 11) is 1.58. The largest absolute Gasteiger partial charge is 0.495 e. The highest BCUT2D eigenvalue weighted by molar-refractivity contribution is 5.89. The second-order valence-electron chi connectivity index (χ2n) is 4.06. The molecule has 4 nitrogen and oxygen atoms in total. The number of hydrogen-bond acceptors (Lipinski definition) is 3. The topological polar surface area (TPSA) is 51.2 Å². The lowest BCUT2D eigenvalue weighted by molar-refractivity contribution is -0.116. The van der Waals surface area contributed by atoms with Crippen molar-refractivity contribution in [3.05, 3.63) is 18.3 Å². The first kappa shape index (κ1) is 12.5. The molecule has 16 heavy (non-hydrogen) atoms. The summed E-state index contributed by atoms with van der Waals surface area (Å²) in [6.07, 6.45) is 3.01. The summed E-state index contributed by atoms with van der Waals surface area (Å²) in [5.41, 5.74) is 0. The number of nitrogens with one attached hydrogen (secondary N) is 1. The van der Waals surface area contributed by atoms with Gasteiger partial charge in [-0.2, -0.15) is 0 Å². The molecule has 0 aliphatic heterocycles. The molecule has 88 valence electrons. The Bertz CT molecular complexity index is 333. The summed E-state index contributed by atoms with van der Waals surface area (Å²) in [6.45, 7) is 4.19. The van der Waals surface area contributed by atoms with Gasteiger partial charge < -0.3 is 10.1 Å². The van der Waals surface area contributed by atoms with Gasteiger partial charge in [0, 0.05) is 6.42 Å². The van der Waals surface area contributed by atoms with Crippen LogP contribution in [-0.2, 0) is 4.79 Å². The minimum absolute atomic E-state index is 0.00590. The van der Waals surface area contributed by atoms with Gasteiger partial charge in [-0.25, -0.2) is 4.98 Å². The van der Waals surface area contributed by atoms with Gasteiger partial charge in [0.05, 0.1) is 13.3 Å². The Balaban J connectivity index is 2.43. The van der Waals surface area contributed by atoms with Crippen LogP contribution in [0.15, 0.2) is 18.3 Å². The molecular formula is C12H18N2O2. The van der Waals surface area contributed by atoms with Crippen molar-refractivity contribution in [2.24, 2.45) is 5.92 Å². The zero-order chi connectivity index (χ0) is 12.0. The predicted molar refractivity (Wildman–Crippen MR) is 63.5 cm³/mol. The van der Waals surface area contributed by atoms with E-state index in [0.717, 1.165) is 6.42 Å². The minimum Gasteiger partial charge on any atom is -0.495 e. The molecule has 0 radical (unpaired) electrons. The van der Waals surface area contributed by atoms with E-state index in [1.54, 1.807) is 25.4 Å². The van der Waals surface area contributed by atoms with Crippen LogP contribution in [0.4, 0.5) is 5.82 Å². The summed E-state index contributed by atoms with van der Waals surface area (Å²) >= 11 is 0. The summed E-state index contributed by atoms with van der Waals surface area (Å²) < 4.78 is 4.98. The molecule has 1 rings (SSSR count). The third kappa shape index (κ3) is 4.29. The van der Waals surface area contributed by atoms with Gasteiger partial charge in [0.25, 0.3) is 0 Å². The number of amides is 1. The van der Waals surface area contributed by atoms with Crippen molar-refractivity contribution >= 4 is 11.7 Å². The van der Waals surface area contributed by atoms with Crippen LogP contribution in [0, 0.1) is 5.92 Å². The fourth-order valence-electron chi connectivity index (χ4n) is 1.20. The lowest BCUT2D eigenvalue weighted by atomic mass is 10.1. The van der Waals surface area contributed by atoms with Gasteiger partial charge in [-0.05, 0) is 24.5 Å². The number of anilines is 1. The van der Waals surface area contributed by atoms with Crippen molar-refractivity contribution in [3.63, 3.8) is 0 Å². The smallest absolute Gasteiger partial charge is 0.225 e. The van der Waals surface area contributed by atoms with E-state index >= 15 is 0 Å². The molecule has 0 saturated heterocycles. The average Bonchev–Trinajstić information content (AvgIpc) is 2.27. The predicted octanol–water partition coefficient (Wildman–Crippen LogP) is 2.46. The zero-order valence-corrected chi connectivity index (χ0v) is 9.99. The highest BCUT2D eigenvalue weighted by Crippen LogP contribution is 2.12. The maximum absolute atomic E-state index is 11.5. The number of carbonyl (C=O) groups is 1. The Kier molecular flexibility index (Phi) is 4.76. The molecule has 0 atom stereocenters. The van der Waals surface area contributed by atoms with E-state index in [4.69, 9.17) is 4.74 Å². The normalized spacial score (nSPS) is 10.2. The number of carbonyl (C=O) groups excluding carboxylic acids is 1. The van der Waals surface area contributed by atoms with Crippen LogP contribution in [0.3, 0.4) is 0 Å². The van der Waals surface area contributed by atoms with Crippen LogP contribution in [0.1, 0.15) is 26.7 Å². The molecule has 0 aromatic carbocycles. The molecule has 0 aliphatic rings. The molecular weight excluding hydrogens is 204 g/mol. The Morgan fingerprint density at radius 2 is 2.25 bits per heavy atom. The molecule has 0 unspecified atom stereocenters. The third-order valence-corrected chi connectivity index (χ3v) is 2.19. The van der Waals surface area contributed by atoms with E-state index in [-0.39, 0.29) is 5.91 Å². The Hall–Kier alpha value is -1.58. The van der Waals surface area contributed by atoms with Gasteiger partial charge in [0.2, 0.25) is 5.91 Å². The van der Waals surface area contributed by atoms with Crippen molar-refractivity contribution in [3.8, 4) is 5.75 Å². The average molecular weight is 222 g/mol. The first-order valence-electron chi connectivity index (χ1n) is 5.41. The van der Waals surface area contributed by atoms with E-state index in [1.807, 2.05) is 0 Å². The number of aromatic nitrogens is 1. The molecule has 1 N–H and O–H groups in total. The van der Waals surface area contributed by atoms with Gasteiger partial charge in [-0.3, -0.25) is 4.79 Å². The number of pyridine rings is 1. The molecule has 0 fully saturated rings. The van der Waals surface area contributed by atoms with E-state index in [2.05, 4.69) is 24.1 Å². The van der Waals surface area contributed by atoms with E-state index in [0.29, 0.717) is 23.9 Å². The SMILES string of the molecule is COc1ccc(NC(=O)CCC(C)C)nc1. The second-order valence-corrected chi connectivity index (χ2v) is 4.06. The first-order chi connectivity index (χ1) is 7.61. The van der Waals surface area contributed by atoms with E-state index in [9.17, 15) is 4.79 Å². The summed E-state index contributed by atoms with van der Waals surface area (Å²) in [4.78, 5) is 15.5. The molecule has 1 aromatic rings. The number of rotatable bonds is 5. The van der Waals surface area contributed by atoms with E-state index in [1.165, 1.54) is 0 Å². The fourth-order valence-corrected chi connectivity index (χ4v) is 1.20. The maximum atomic E-state index is 11.5. The Morgan fingerprint density at radius 1 is 1.50 bits per heavy atom. The van der Waals surface area contributed by atoms with Gasteiger partial charge in [-0.15, -0.1) is 0 Å². The summed E-state index contributed by atoms with van der Waals surface area (Å²) in [5.74, 6) is 1.79. The second kappa shape index (κ2) is 6.10. The quantitative estimate of drug-likeness (QED) is 0.832. The monoisotopic (exact) mass is 222 g/mol. The van der Waals surface area contributed by atoms with Gasteiger partial charge in [0.15, 0.2) is 0 Å². The molecule has 0 bridgehead atoms. The van der Waals surface area contributed by atoms with Crippen molar-refractivity contribution in [1.29, 1.82) is 0 Å². The lowest BCUT2D eigenvalue weighted by Crippen LogP contribution is -2.13. The number of ether oxygens (including phenoxy) is 1. The molecule has 1 amide bonds. The van der Waals surface area contributed by atoms with Crippen LogP contribution >= 0.6 is 0 Å². The van der Waals surface area contributed by atoms with Gasteiger partial charge in [0.1, 0.15) is 11.6 Å². The van der Waals surface area contributed by atoms with Crippen molar-refractivity contribution in [2.75, 3.05) is 12.4 Å². The van der Waals surface area contributed by atoms with Crippen molar-refractivity contribution in [1.82, 2.24) is 4.98 Å². The van der Waals surface area contributed by atoms with Crippen LogP contribution in [-0.4, -0.2) is 18.0 Å². The maximum Gasteiger partial charge on any atom is 0.225 e. The number of hydrogen-bond donors (Lipinski definition) is 1. The van der Waals surface area contributed by atoms with Crippen LogP contribution in [0.5, 0.6) is 5.75 Å². The van der Waals surface area contributed by atoms with Crippen LogP contribution in [0.2, 0.25) is 0 Å². The summed E-state index contributed by atoms with van der Waals surface area (Å²) in [6, 6.07) is 3.50. The standard InChI is InChI=1S/C12H18N2O2/c1-9(2)4-7-12(15)14-11-6-5-10(16-3)8-13-11/h5-6,8-9H,4,7H2,1-3H3,(H,13,14,15). The molecule has 4 heteroatoms. The fraction of sp³-hybridized carbons (Fsp3) is 0.500. The number of methoxy groups -OCH3 is 1. The summed E-state index contributed by atoms with van der Waals surface area (Å²) in [5, 5.41) is 2.74. The minimum atomic E-state index is 0.00590. The third-order valence-electron chi connectivity index (χ3n) is 2.19. The Morgan fingerprint density at radius 3 is 2.75 bits per heavy atom. The van der Waals surface area contributed by atoms with Crippen LogP contribution in [0.25, 0.3) is 0 Å².